The van der Waals surface area contributed by atoms with E-state index in [1.807, 2.05) is 6.92 Å². The summed E-state index contributed by atoms with van der Waals surface area (Å²) in [7, 11) is 2.14. The second-order valence-electron chi connectivity index (χ2n) is 11.9. The van der Waals surface area contributed by atoms with Gasteiger partial charge in [0.2, 0.25) is 11.7 Å². The molecule has 2 aromatic carbocycles. The Morgan fingerprint density at radius 1 is 1.15 bits per heavy atom. The number of ether oxygens (including phenoxy) is 1. The van der Waals surface area contributed by atoms with Crippen molar-refractivity contribution in [1.29, 1.82) is 0 Å². The van der Waals surface area contributed by atoms with Crippen molar-refractivity contribution in [2.45, 2.75) is 81.8 Å². The van der Waals surface area contributed by atoms with E-state index in [1.54, 1.807) is 0 Å². The minimum atomic E-state index is -0.878. The zero-order valence-electron chi connectivity index (χ0n) is 23.2. The highest BCUT2D eigenvalue weighted by molar-refractivity contribution is 5.45. The van der Waals surface area contributed by atoms with Crippen LogP contribution < -0.4 is 4.74 Å². The molecule has 1 N–H and O–H groups in total. The van der Waals surface area contributed by atoms with Crippen LogP contribution in [0.2, 0.25) is 0 Å². The molecule has 204 valence electrons. The molecule has 2 aliphatic carbocycles. The number of nitrogens with zero attached hydrogens (tertiary/aromatic N) is 3. The van der Waals surface area contributed by atoms with Crippen molar-refractivity contribution in [1.82, 2.24) is 15.0 Å². The van der Waals surface area contributed by atoms with Gasteiger partial charge in [0, 0.05) is 12.0 Å². The van der Waals surface area contributed by atoms with Gasteiger partial charge in [-0.1, -0.05) is 47.5 Å². The van der Waals surface area contributed by atoms with E-state index >= 15 is 0 Å². The Bertz CT molecular complexity index is 1360. The lowest BCUT2D eigenvalue weighted by molar-refractivity contribution is -0.00805. The summed E-state index contributed by atoms with van der Waals surface area (Å²) in [6.45, 7) is 4.21. The van der Waals surface area contributed by atoms with Crippen LogP contribution in [-0.4, -0.2) is 45.9 Å². The first-order chi connectivity index (χ1) is 19.0. The number of benzene rings is 2. The van der Waals surface area contributed by atoms with Crippen molar-refractivity contribution in [2.75, 3.05) is 20.1 Å². The van der Waals surface area contributed by atoms with Crippen LogP contribution in [0.15, 0.2) is 53.1 Å². The molecular formula is C33H39N3O3. The third kappa shape index (κ3) is 5.35. The highest BCUT2D eigenvalue weighted by Crippen LogP contribution is 2.54. The van der Waals surface area contributed by atoms with Gasteiger partial charge in [-0.25, -0.2) is 0 Å². The smallest absolute Gasteiger partial charge is 0.231 e. The lowest BCUT2D eigenvalue weighted by Crippen LogP contribution is -2.50. The van der Waals surface area contributed by atoms with Crippen LogP contribution in [0.1, 0.15) is 79.8 Å². The fourth-order valence-electron chi connectivity index (χ4n) is 7.40. The van der Waals surface area contributed by atoms with Gasteiger partial charge in [-0.3, -0.25) is 0 Å². The van der Waals surface area contributed by atoms with Crippen molar-refractivity contribution >= 4 is 0 Å². The summed E-state index contributed by atoms with van der Waals surface area (Å²) in [6.07, 6.45) is 7.59. The van der Waals surface area contributed by atoms with E-state index in [1.165, 1.54) is 16.7 Å². The van der Waals surface area contributed by atoms with Gasteiger partial charge in [-0.15, -0.1) is 5.92 Å². The first-order valence-corrected chi connectivity index (χ1v) is 14.4. The number of hydrogen-bond acceptors (Lipinski definition) is 6. The molecule has 0 bridgehead atoms. The van der Waals surface area contributed by atoms with Gasteiger partial charge in [0.1, 0.15) is 11.4 Å². The van der Waals surface area contributed by atoms with Gasteiger partial charge in [0.15, 0.2) is 6.61 Å². The molecule has 2 fully saturated rings. The molecule has 39 heavy (non-hydrogen) atoms. The summed E-state index contributed by atoms with van der Waals surface area (Å²) in [5, 5.41) is 15.4. The third-order valence-corrected chi connectivity index (χ3v) is 9.27. The zero-order valence-corrected chi connectivity index (χ0v) is 23.2. The molecule has 0 radical (unpaired) electrons. The maximum atomic E-state index is 11.2. The molecule has 1 saturated heterocycles. The molecule has 1 saturated carbocycles. The molecule has 3 aliphatic rings. The predicted octanol–water partition coefficient (Wildman–Crippen LogP) is 5.44. The normalized spacial score (nSPS) is 28.6. The van der Waals surface area contributed by atoms with Gasteiger partial charge in [0.25, 0.3) is 0 Å². The topological polar surface area (TPSA) is 71.6 Å². The van der Waals surface area contributed by atoms with Crippen LogP contribution in [0.25, 0.3) is 0 Å². The van der Waals surface area contributed by atoms with Crippen LogP contribution in [0.5, 0.6) is 5.75 Å². The largest absolute Gasteiger partial charge is 0.485 e. The van der Waals surface area contributed by atoms with Crippen molar-refractivity contribution in [3.05, 3.63) is 76.9 Å². The molecule has 4 atom stereocenters. The second kappa shape index (κ2) is 10.8. The van der Waals surface area contributed by atoms with E-state index in [4.69, 9.17) is 9.26 Å². The van der Waals surface area contributed by atoms with Crippen molar-refractivity contribution in [3.8, 4) is 17.6 Å². The molecule has 1 aromatic heterocycles. The summed E-state index contributed by atoms with van der Waals surface area (Å²) in [5.41, 5.74) is 3.22. The van der Waals surface area contributed by atoms with Crippen molar-refractivity contribution in [3.63, 3.8) is 0 Å². The molecular weight excluding hydrogens is 486 g/mol. The summed E-state index contributed by atoms with van der Waals surface area (Å²) < 4.78 is 11.8. The van der Waals surface area contributed by atoms with Crippen molar-refractivity contribution < 1.29 is 14.4 Å². The Morgan fingerprint density at radius 3 is 2.85 bits per heavy atom. The standard InChI is InChI=1S/C33H39N3O3/c1-3-15-32(37)16-17-33(20-24-8-5-4-6-9-24)27(21-32)12-11-25-19-28(13-14-29(25)33)38-23-30-34-31(39-35-30)26-10-7-18-36(2)22-26/h4-6,8-9,13-14,19,26-27,37H,7,10-12,16-18,20-23H2,1-2H3/t26?,27-,32-,33+/m1/s1. The molecule has 6 rings (SSSR count). The number of aliphatic hydroxyl groups is 1. The summed E-state index contributed by atoms with van der Waals surface area (Å²) in [5.74, 6) is 8.96. The number of likely N-dealkylation sites (N-methyl/N-ethyl adjacent to an activating group) is 1. The third-order valence-electron chi connectivity index (χ3n) is 9.27. The number of fused-ring (bicyclic) bond motifs is 3. The van der Waals surface area contributed by atoms with Crippen LogP contribution in [0.3, 0.4) is 0 Å². The van der Waals surface area contributed by atoms with Crippen LogP contribution in [0, 0.1) is 17.8 Å². The number of rotatable bonds is 6. The average molecular weight is 526 g/mol. The van der Waals surface area contributed by atoms with Crippen LogP contribution in [-0.2, 0) is 24.9 Å². The SMILES string of the molecule is CC#C[C@@]1(O)CC[C@@]2(Cc3ccccc3)c3ccc(OCc4noc(C5CCCN(C)C5)n4)cc3CC[C@@H]2C1. The van der Waals surface area contributed by atoms with E-state index in [-0.39, 0.29) is 5.41 Å². The molecule has 6 heteroatoms. The average Bonchev–Trinajstić information content (AvgIpc) is 3.42. The summed E-state index contributed by atoms with van der Waals surface area (Å²) >= 11 is 0. The molecule has 1 unspecified atom stereocenters. The van der Waals surface area contributed by atoms with Gasteiger partial charge >= 0.3 is 0 Å². The maximum absolute atomic E-state index is 11.2. The van der Waals surface area contributed by atoms with Gasteiger partial charge in [0.05, 0.1) is 5.92 Å². The lowest BCUT2D eigenvalue weighted by atomic mass is 9.52. The molecule has 1 aliphatic heterocycles. The Labute approximate surface area is 231 Å². The number of piperidine rings is 1. The molecule has 3 aromatic rings. The number of likely N-dealkylation sites (tertiary alicyclic amines) is 1. The van der Waals surface area contributed by atoms with E-state index in [0.717, 1.165) is 69.7 Å². The first-order valence-electron chi connectivity index (χ1n) is 14.4. The van der Waals surface area contributed by atoms with Gasteiger partial charge in [-0.05, 0) is 107 Å². The van der Waals surface area contributed by atoms with Crippen LogP contribution in [0.4, 0.5) is 0 Å². The van der Waals surface area contributed by atoms with Crippen molar-refractivity contribution in [2.24, 2.45) is 5.92 Å². The Hall–Kier alpha value is -3.14. The first kappa shape index (κ1) is 26.1. The Morgan fingerprint density at radius 2 is 2.03 bits per heavy atom. The lowest BCUT2D eigenvalue weighted by Gasteiger charge is -2.52. The molecule has 6 nitrogen and oxygen atoms in total. The van der Waals surface area contributed by atoms with E-state index in [2.05, 4.69) is 82.5 Å². The number of aromatic nitrogens is 2. The second-order valence-corrected chi connectivity index (χ2v) is 11.9. The maximum Gasteiger partial charge on any atom is 0.231 e. The van der Waals surface area contributed by atoms with Gasteiger partial charge in [-0.2, -0.15) is 4.98 Å². The fourth-order valence-corrected chi connectivity index (χ4v) is 7.40. The quantitative estimate of drug-likeness (QED) is 0.432. The summed E-state index contributed by atoms with van der Waals surface area (Å²) in [6, 6.07) is 17.4. The monoisotopic (exact) mass is 525 g/mol. The molecule has 0 amide bonds. The highest BCUT2D eigenvalue weighted by atomic mass is 16.5. The van der Waals surface area contributed by atoms with E-state index in [0.29, 0.717) is 30.7 Å². The van der Waals surface area contributed by atoms with Crippen LogP contribution >= 0.6 is 0 Å². The minimum Gasteiger partial charge on any atom is -0.485 e. The minimum absolute atomic E-state index is 0.00908. The number of aryl methyl sites for hydroxylation is 1. The fraction of sp³-hybridized carbons (Fsp3) is 0.515. The van der Waals surface area contributed by atoms with E-state index in [9.17, 15) is 5.11 Å². The van der Waals surface area contributed by atoms with Gasteiger partial charge < -0.3 is 19.3 Å². The number of hydrogen-bond donors (Lipinski definition) is 1. The molecule has 2 heterocycles. The van der Waals surface area contributed by atoms with E-state index < -0.39 is 5.60 Å². The Kier molecular flexibility index (Phi) is 7.22. The highest BCUT2D eigenvalue weighted by Gasteiger charge is 2.51. The summed E-state index contributed by atoms with van der Waals surface area (Å²) in [4.78, 5) is 6.97. The molecule has 0 spiro atoms. The Balaban J connectivity index is 1.22. The zero-order chi connectivity index (χ0) is 26.9. The predicted molar refractivity (Wildman–Crippen MR) is 150 cm³/mol.